The van der Waals surface area contributed by atoms with Gasteiger partial charge in [-0.3, -0.25) is 4.79 Å². The van der Waals surface area contributed by atoms with Crippen molar-refractivity contribution in [3.8, 4) is 11.5 Å². The first kappa shape index (κ1) is 15.7. The molecule has 2 N–H and O–H groups in total. The summed E-state index contributed by atoms with van der Waals surface area (Å²) in [5.41, 5.74) is 6.83. The van der Waals surface area contributed by atoms with E-state index in [9.17, 15) is 4.79 Å². The Morgan fingerprint density at radius 1 is 1.14 bits per heavy atom. The van der Waals surface area contributed by atoms with E-state index < -0.39 is 0 Å². The average molecular weight is 371 g/mol. The van der Waals surface area contributed by atoms with Gasteiger partial charge in [0.25, 0.3) is 0 Å². The van der Waals surface area contributed by atoms with Crippen LogP contribution in [-0.4, -0.2) is 20.0 Å². The average Bonchev–Trinajstić information content (AvgIpc) is 2.49. The number of carbonyl (C=O) groups is 1. The molecule has 0 aromatic heterocycles. The Hall–Kier alpha value is -1.72. The maximum absolute atomic E-state index is 12.7. The smallest absolute Gasteiger partial charge is 0.198 e. The highest BCUT2D eigenvalue weighted by Crippen LogP contribution is 2.38. The topological polar surface area (TPSA) is 61.5 Å². The van der Waals surface area contributed by atoms with Crippen molar-refractivity contribution in [1.29, 1.82) is 0 Å². The minimum atomic E-state index is -0.268. The van der Waals surface area contributed by atoms with Crippen LogP contribution >= 0.6 is 27.5 Å². The molecule has 0 aliphatic rings. The molecule has 0 bridgehead atoms. The summed E-state index contributed by atoms with van der Waals surface area (Å²) in [6.07, 6.45) is 0. The Labute approximate surface area is 135 Å². The molecule has 4 nitrogen and oxygen atoms in total. The van der Waals surface area contributed by atoms with E-state index in [1.165, 1.54) is 14.2 Å². The first-order valence-electron chi connectivity index (χ1n) is 6.00. The number of para-hydroxylation sites is 1. The second-order valence-corrected chi connectivity index (χ2v) is 5.39. The van der Waals surface area contributed by atoms with Gasteiger partial charge in [0.15, 0.2) is 5.78 Å². The van der Waals surface area contributed by atoms with Gasteiger partial charge in [0.2, 0.25) is 0 Å². The van der Waals surface area contributed by atoms with Crippen molar-refractivity contribution < 1.29 is 14.3 Å². The zero-order valence-corrected chi connectivity index (χ0v) is 13.8. The summed E-state index contributed by atoms with van der Waals surface area (Å²) >= 11 is 9.33. The van der Waals surface area contributed by atoms with E-state index in [0.29, 0.717) is 32.1 Å². The molecule has 0 amide bonds. The largest absolute Gasteiger partial charge is 0.495 e. The minimum Gasteiger partial charge on any atom is -0.495 e. The number of carbonyl (C=O) groups excluding carboxylic acids is 1. The number of rotatable bonds is 4. The Kier molecular flexibility index (Phi) is 4.75. The number of methoxy groups -OCH3 is 2. The summed E-state index contributed by atoms with van der Waals surface area (Å²) in [6.45, 7) is 0. The van der Waals surface area contributed by atoms with Crippen LogP contribution in [0.4, 0.5) is 5.69 Å². The maximum Gasteiger partial charge on any atom is 0.198 e. The fraction of sp³-hybridized carbons (Fsp3) is 0.133. The van der Waals surface area contributed by atoms with Crippen molar-refractivity contribution in [3.63, 3.8) is 0 Å². The van der Waals surface area contributed by atoms with Gasteiger partial charge in [-0.15, -0.1) is 0 Å². The Morgan fingerprint density at radius 3 is 2.48 bits per heavy atom. The standard InChI is InChI=1S/C15H13BrClNO3/c1-20-11-7-6-9(15(21-2)12(11)16)14(19)8-4-3-5-10(17)13(8)18/h3-7H,18H2,1-2H3. The van der Waals surface area contributed by atoms with Gasteiger partial charge in [0.1, 0.15) is 16.0 Å². The van der Waals surface area contributed by atoms with E-state index >= 15 is 0 Å². The Balaban J connectivity index is 2.59. The van der Waals surface area contributed by atoms with Crippen LogP contribution in [0.25, 0.3) is 0 Å². The van der Waals surface area contributed by atoms with Gasteiger partial charge in [-0.25, -0.2) is 0 Å². The molecule has 2 aromatic carbocycles. The van der Waals surface area contributed by atoms with Gasteiger partial charge >= 0.3 is 0 Å². The second-order valence-electron chi connectivity index (χ2n) is 4.19. The number of hydrogen-bond acceptors (Lipinski definition) is 4. The third kappa shape index (κ3) is 2.84. The molecule has 6 heteroatoms. The maximum atomic E-state index is 12.7. The number of ketones is 1. The number of benzene rings is 2. The third-order valence-corrected chi connectivity index (χ3v) is 4.11. The Bertz CT molecular complexity index is 704. The number of hydrogen-bond donors (Lipinski definition) is 1. The molecular weight excluding hydrogens is 358 g/mol. The van der Waals surface area contributed by atoms with Gasteiger partial charge in [0, 0.05) is 5.56 Å². The van der Waals surface area contributed by atoms with Crippen LogP contribution in [0.2, 0.25) is 5.02 Å². The SMILES string of the molecule is COc1ccc(C(=O)c2cccc(Cl)c2N)c(OC)c1Br. The lowest BCUT2D eigenvalue weighted by Gasteiger charge is -2.13. The molecule has 0 aliphatic heterocycles. The predicted octanol–water partition coefficient (Wildman–Crippen LogP) is 3.93. The molecule has 0 heterocycles. The van der Waals surface area contributed by atoms with Crippen LogP contribution in [0.15, 0.2) is 34.8 Å². The zero-order chi connectivity index (χ0) is 15.6. The van der Waals surface area contributed by atoms with Crippen molar-refractivity contribution in [1.82, 2.24) is 0 Å². The van der Waals surface area contributed by atoms with Crippen LogP contribution in [0.3, 0.4) is 0 Å². The van der Waals surface area contributed by atoms with Crippen molar-refractivity contribution in [2.24, 2.45) is 0 Å². The van der Waals surface area contributed by atoms with Crippen LogP contribution in [0.5, 0.6) is 11.5 Å². The minimum absolute atomic E-state index is 0.248. The lowest BCUT2D eigenvalue weighted by Crippen LogP contribution is -2.08. The number of anilines is 1. The van der Waals surface area contributed by atoms with Crippen LogP contribution in [0, 0.1) is 0 Å². The summed E-state index contributed by atoms with van der Waals surface area (Å²) in [4.78, 5) is 12.7. The molecule has 0 aliphatic carbocycles. The van der Waals surface area contributed by atoms with Crippen LogP contribution < -0.4 is 15.2 Å². The molecule has 0 spiro atoms. The molecule has 0 fully saturated rings. The lowest BCUT2D eigenvalue weighted by atomic mass is 10.0. The second kappa shape index (κ2) is 6.37. The third-order valence-electron chi connectivity index (χ3n) is 3.03. The number of nitrogen functional groups attached to an aromatic ring is 1. The molecule has 0 saturated heterocycles. The summed E-state index contributed by atoms with van der Waals surface area (Å²) in [6, 6.07) is 8.25. The Morgan fingerprint density at radius 2 is 1.86 bits per heavy atom. The highest BCUT2D eigenvalue weighted by atomic mass is 79.9. The van der Waals surface area contributed by atoms with Crippen LogP contribution in [0.1, 0.15) is 15.9 Å². The predicted molar refractivity (Wildman–Crippen MR) is 86.5 cm³/mol. The molecule has 0 saturated carbocycles. The fourth-order valence-corrected chi connectivity index (χ4v) is 2.80. The van der Waals surface area contributed by atoms with Gasteiger partial charge in [-0.2, -0.15) is 0 Å². The van der Waals surface area contributed by atoms with E-state index in [-0.39, 0.29) is 11.5 Å². The lowest BCUT2D eigenvalue weighted by molar-refractivity contribution is 0.103. The van der Waals surface area contributed by atoms with Crippen molar-refractivity contribution in [3.05, 3.63) is 51.0 Å². The number of halogens is 2. The van der Waals surface area contributed by atoms with Crippen LogP contribution in [-0.2, 0) is 0 Å². The molecule has 2 rings (SSSR count). The zero-order valence-electron chi connectivity index (χ0n) is 11.4. The summed E-state index contributed by atoms with van der Waals surface area (Å²) in [5, 5.41) is 0.340. The summed E-state index contributed by atoms with van der Waals surface area (Å²) < 4.78 is 11.1. The number of ether oxygens (including phenoxy) is 2. The van der Waals surface area contributed by atoms with Crippen molar-refractivity contribution in [2.75, 3.05) is 20.0 Å². The van der Waals surface area contributed by atoms with Crippen molar-refractivity contribution >= 4 is 39.0 Å². The molecule has 0 atom stereocenters. The molecule has 21 heavy (non-hydrogen) atoms. The van der Waals surface area contributed by atoms with Gasteiger partial charge in [0.05, 0.1) is 30.5 Å². The first-order chi connectivity index (χ1) is 10.0. The highest BCUT2D eigenvalue weighted by molar-refractivity contribution is 9.10. The van der Waals surface area contributed by atoms with Crippen molar-refractivity contribution in [2.45, 2.75) is 0 Å². The molecular formula is C15H13BrClNO3. The first-order valence-corrected chi connectivity index (χ1v) is 7.17. The van der Waals surface area contributed by atoms with Gasteiger partial charge < -0.3 is 15.2 Å². The normalized spacial score (nSPS) is 10.3. The van der Waals surface area contributed by atoms with Gasteiger partial charge in [-0.05, 0) is 40.2 Å². The number of nitrogens with two attached hydrogens (primary N) is 1. The highest BCUT2D eigenvalue weighted by Gasteiger charge is 2.21. The van der Waals surface area contributed by atoms with Gasteiger partial charge in [-0.1, -0.05) is 17.7 Å². The van der Waals surface area contributed by atoms with E-state index in [4.69, 9.17) is 26.8 Å². The molecule has 0 unspecified atom stereocenters. The quantitative estimate of drug-likeness (QED) is 0.654. The molecule has 110 valence electrons. The fourth-order valence-electron chi connectivity index (χ4n) is 1.95. The molecule has 0 radical (unpaired) electrons. The monoisotopic (exact) mass is 369 g/mol. The van der Waals surface area contributed by atoms with E-state index in [2.05, 4.69) is 15.9 Å². The molecule has 2 aromatic rings. The van der Waals surface area contributed by atoms with E-state index in [0.717, 1.165) is 0 Å². The van der Waals surface area contributed by atoms with E-state index in [1.807, 2.05) is 0 Å². The summed E-state index contributed by atoms with van der Waals surface area (Å²) in [7, 11) is 3.02. The van der Waals surface area contributed by atoms with E-state index in [1.54, 1.807) is 30.3 Å². The summed E-state index contributed by atoms with van der Waals surface area (Å²) in [5.74, 6) is 0.691.